The van der Waals surface area contributed by atoms with Crippen LogP contribution in [0, 0.1) is 5.41 Å². The SMILES string of the molecule is CNC1CC(C)(C)Cc2nc(CC3CCCCO3)sc21. The first-order chi connectivity index (χ1) is 9.57. The minimum atomic E-state index is 0.355. The van der Waals surface area contributed by atoms with Crippen molar-refractivity contribution in [1.82, 2.24) is 10.3 Å². The quantitative estimate of drug-likeness (QED) is 0.926. The van der Waals surface area contributed by atoms with Crippen molar-refractivity contribution in [3.63, 3.8) is 0 Å². The Morgan fingerprint density at radius 3 is 2.95 bits per heavy atom. The van der Waals surface area contributed by atoms with Crippen LogP contribution in [-0.4, -0.2) is 24.7 Å². The smallest absolute Gasteiger partial charge is 0.0957 e. The number of thiazole rings is 1. The van der Waals surface area contributed by atoms with Gasteiger partial charge in [-0.25, -0.2) is 4.98 Å². The molecular formula is C16H26N2OS. The van der Waals surface area contributed by atoms with E-state index in [0.717, 1.165) is 19.4 Å². The largest absolute Gasteiger partial charge is 0.378 e. The molecule has 0 aromatic carbocycles. The van der Waals surface area contributed by atoms with Gasteiger partial charge in [0, 0.05) is 23.9 Å². The first-order valence-electron chi connectivity index (χ1n) is 7.85. The highest BCUT2D eigenvalue weighted by atomic mass is 32.1. The third kappa shape index (κ3) is 3.07. The van der Waals surface area contributed by atoms with Crippen molar-refractivity contribution in [1.29, 1.82) is 0 Å². The zero-order chi connectivity index (χ0) is 14.2. The third-order valence-corrected chi connectivity index (χ3v) is 5.75. The summed E-state index contributed by atoms with van der Waals surface area (Å²) < 4.78 is 5.86. The Bertz CT molecular complexity index is 463. The van der Waals surface area contributed by atoms with Gasteiger partial charge in [0.2, 0.25) is 0 Å². The highest BCUT2D eigenvalue weighted by Gasteiger charge is 2.34. The van der Waals surface area contributed by atoms with Gasteiger partial charge in [0.15, 0.2) is 0 Å². The van der Waals surface area contributed by atoms with Crippen LogP contribution in [-0.2, 0) is 17.6 Å². The van der Waals surface area contributed by atoms with Crippen molar-refractivity contribution in [3.8, 4) is 0 Å². The first-order valence-corrected chi connectivity index (χ1v) is 8.66. The molecule has 112 valence electrons. The number of nitrogens with zero attached hydrogens (tertiary/aromatic N) is 1. The molecule has 1 aromatic rings. The molecule has 2 heterocycles. The first kappa shape index (κ1) is 14.5. The Balaban J connectivity index is 1.77. The van der Waals surface area contributed by atoms with E-state index < -0.39 is 0 Å². The summed E-state index contributed by atoms with van der Waals surface area (Å²) in [6.45, 7) is 5.63. The highest BCUT2D eigenvalue weighted by Crippen LogP contribution is 2.43. The van der Waals surface area contributed by atoms with Crippen LogP contribution in [0.15, 0.2) is 0 Å². The molecule has 1 aliphatic carbocycles. The van der Waals surface area contributed by atoms with Gasteiger partial charge in [-0.3, -0.25) is 0 Å². The van der Waals surface area contributed by atoms with E-state index in [-0.39, 0.29) is 0 Å². The second-order valence-corrected chi connectivity index (χ2v) is 8.11. The van der Waals surface area contributed by atoms with E-state index in [1.54, 1.807) is 0 Å². The van der Waals surface area contributed by atoms with Gasteiger partial charge < -0.3 is 10.1 Å². The van der Waals surface area contributed by atoms with Crippen molar-refractivity contribution in [2.75, 3.05) is 13.7 Å². The van der Waals surface area contributed by atoms with Gasteiger partial charge in [-0.15, -0.1) is 11.3 Å². The van der Waals surface area contributed by atoms with Gasteiger partial charge in [0.05, 0.1) is 16.8 Å². The number of hydrogen-bond acceptors (Lipinski definition) is 4. The summed E-state index contributed by atoms with van der Waals surface area (Å²) in [5, 5.41) is 4.75. The lowest BCUT2D eigenvalue weighted by molar-refractivity contribution is 0.0167. The Labute approximate surface area is 126 Å². The fourth-order valence-corrected chi connectivity index (χ4v) is 4.73. The molecular weight excluding hydrogens is 268 g/mol. The summed E-state index contributed by atoms with van der Waals surface area (Å²) in [7, 11) is 2.07. The Morgan fingerprint density at radius 2 is 2.25 bits per heavy atom. The predicted octanol–water partition coefficient (Wildman–Crippen LogP) is 3.49. The van der Waals surface area contributed by atoms with Crippen LogP contribution >= 0.6 is 11.3 Å². The summed E-state index contributed by atoms with van der Waals surface area (Å²) in [5.41, 5.74) is 1.68. The number of aromatic nitrogens is 1. The predicted molar refractivity (Wildman–Crippen MR) is 83.3 cm³/mol. The lowest BCUT2D eigenvalue weighted by Gasteiger charge is -2.34. The monoisotopic (exact) mass is 294 g/mol. The normalized spacial score (nSPS) is 29.1. The van der Waals surface area contributed by atoms with Crippen LogP contribution in [0.5, 0.6) is 0 Å². The van der Waals surface area contributed by atoms with Crippen LogP contribution in [0.3, 0.4) is 0 Å². The van der Waals surface area contributed by atoms with Gasteiger partial charge in [-0.1, -0.05) is 13.8 Å². The molecule has 1 fully saturated rings. The van der Waals surface area contributed by atoms with Gasteiger partial charge in [0.1, 0.15) is 0 Å². The molecule has 2 unspecified atom stereocenters. The topological polar surface area (TPSA) is 34.2 Å². The summed E-state index contributed by atoms with van der Waals surface area (Å²) in [6, 6.07) is 0.479. The Hall–Kier alpha value is -0.450. The summed E-state index contributed by atoms with van der Waals surface area (Å²) in [4.78, 5) is 6.41. The Kier molecular flexibility index (Phi) is 4.16. The zero-order valence-corrected chi connectivity index (χ0v) is 13.7. The molecule has 3 rings (SSSR count). The maximum absolute atomic E-state index is 5.86. The van der Waals surface area contributed by atoms with Crippen LogP contribution < -0.4 is 5.32 Å². The van der Waals surface area contributed by atoms with Crippen molar-refractivity contribution in [2.45, 2.75) is 64.5 Å². The lowest BCUT2D eigenvalue weighted by Crippen LogP contribution is -2.30. The average molecular weight is 294 g/mol. The molecule has 0 saturated carbocycles. The van der Waals surface area contributed by atoms with E-state index in [9.17, 15) is 0 Å². The van der Waals surface area contributed by atoms with Crippen molar-refractivity contribution in [3.05, 3.63) is 15.6 Å². The number of ether oxygens (including phenoxy) is 1. The molecule has 0 spiro atoms. The fraction of sp³-hybridized carbons (Fsp3) is 0.812. The molecule has 1 aliphatic heterocycles. The standard InChI is InChI=1S/C16H26N2OS/c1-16(2)9-12(17-3)15-13(10-16)18-14(20-15)8-11-6-4-5-7-19-11/h11-12,17H,4-10H2,1-3H3. The van der Waals surface area contributed by atoms with E-state index in [2.05, 4.69) is 26.2 Å². The number of rotatable bonds is 3. The molecule has 2 aliphatic rings. The van der Waals surface area contributed by atoms with Crippen molar-refractivity contribution >= 4 is 11.3 Å². The van der Waals surface area contributed by atoms with Crippen molar-refractivity contribution < 1.29 is 4.74 Å². The van der Waals surface area contributed by atoms with Gasteiger partial charge in [-0.2, -0.15) is 0 Å². The van der Waals surface area contributed by atoms with E-state index in [1.165, 1.54) is 41.3 Å². The lowest BCUT2D eigenvalue weighted by atomic mass is 9.76. The van der Waals surface area contributed by atoms with Crippen LogP contribution in [0.25, 0.3) is 0 Å². The minimum absolute atomic E-state index is 0.355. The summed E-state index contributed by atoms with van der Waals surface area (Å²) >= 11 is 1.91. The Morgan fingerprint density at radius 1 is 1.40 bits per heavy atom. The summed E-state index contributed by atoms with van der Waals surface area (Å²) in [6.07, 6.45) is 7.46. The molecule has 1 aromatic heterocycles. The molecule has 1 N–H and O–H groups in total. The van der Waals surface area contributed by atoms with Gasteiger partial charge in [-0.05, 0) is 44.6 Å². The fourth-order valence-electron chi connectivity index (χ4n) is 3.47. The molecule has 0 amide bonds. The zero-order valence-electron chi connectivity index (χ0n) is 12.9. The molecule has 2 atom stereocenters. The molecule has 0 radical (unpaired) electrons. The second-order valence-electron chi connectivity index (χ2n) is 7.00. The van der Waals surface area contributed by atoms with Crippen LogP contribution in [0.4, 0.5) is 0 Å². The third-order valence-electron chi connectivity index (χ3n) is 4.52. The van der Waals surface area contributed by atoms with E-state index in [0.29, 0.717) is 17.6 Å². The molecule has 20 heavy (non-hydrogen) atoms. The van der Waals surface area contributed by atoms with Gasteiger partial charge in [0.25, 0.3) is 0 Å². The van der Waals surface area contributed by atoms with Crippen molar-refractivity contribution in [2.24, 2.45) is 5.41 Å². The second kappa shape index (κ2) is 5.74. The summed E-state index contributed by atoms with van der Waals surface area (Å²) in [5.74, 6) is 0. The van der Waals surface area contributed by atoms with E-state index in [4.69, 9.17) is 9.72 Å². The van der Waals surface area contributed by atoms with E-state index in [1.807, 2.05) is 11.3 Å². The van der Waals surface area contributed by atoms with Crippen LogP contribution in [0.2, 0.25) is 0 Å². The van der Waals surface area contributed by atoms with E-state index >= 15 is 0 Å². The molecule has 1 saturated heterocycles. The maximum atomic E-state index is 5.86. The number of nitrogens with one attached hydrogen (secondary N) is 1. The molecule has 4 heteroatoms. The molecule has 3 nitrogen and oxygen atoms in total. The number of hydrogen-bond donors (Lipinski definition) is 1. The minimum Gasteiger partial charge on any atom is -0.378 e. The number of fused-ring (bicyclic) bond motifs is 1. The highest BCUT2D eigenvalue weighted by molar-refractivity contribution is 7.11. The van der Waals surface area contributed by atoms with Crippen LogP contribution in [0.1, 0.15) is 61.2 Å². The average Bonchev–Trinajstić information content (AvgIpc) is 2.79. The molecule has 0 bridgehead atoms. The maximum Gasteiger partial charge on any atom is 0.0957 e. The van der Waals surface area contributed by atoms with Gasteiger partial charge >= 0.3 is 0 Å².